The molecule has 96 valence electrons. The largest absolute Gasteiger partial charge is 0.494 e. The summed E-state index contributed by atoms with van der Waals surface area (Å²) < 4.78 is 31.8. The Kier molecular flexibility index (Phi) is 3.76. The zero-order chi connectivity index (χ0) is 13.8. The van der Waals surface area contributed by atoms with E-state index < -0.39 is 11.6 Å². The Bertz CT molecular complexity index is 647. The molecule has 0 unspecified atom stereocenters. The van der Waals surface area contributed by atoms with E-state index in [0.29, 0.717) is 23.5 Å². The molecular formula is C15H11F2NO. The molecule has 0 aliphatic rings. The van der Waals surface area contributed by atoms with Crippen molar-refractivity contribution >= 4 is 0 Å². The van der Waals surface area contributed by atoms with E-state index >= 15 is 0 Å². The van der Waals surface area contributed by atoms with Crippen LogP contribution in [-0.4, -0.2) is 6.61 Å². The molecule has 0 N–H and O–H groups in total. The molecular weight excluding hydrogens is 248 g/mol. The molecule has 0 saturated carbocycles. The van der Waals surface area contributed by atoms with Gasteiger partial charge in [0.05, 0.1) is 18.2 Å². The molecule has 0 spiro atoms. The van der Waals surface area contributed by atoms with Crippen LogP contribution < -0.4 is 4.74 Å². The molecule has 0 bridgehead atoms. The van der Waals surface area contributed by atoms with Gasteiger partial charge in [0.1, 0.15) is 5.75 Å². The first-order chi connectivity index (χ1) is 9.15. The maximum atomic E-state index is 13.3. The second-order valence-electron chi connectivity index (χ2n) is 3.88. The number of nitrogens with zero attached hydrogens (tertiary/aromatic N) is 1. The standard InChI is InChI=1S/C15H11F2NO/c1-2-19-12-5-3-4-10(6-12)13-8-15(17)14(16)7-11(13)9-18/h3-8H,2H2,1H3. The van der Waals surface area contributed by atoms with Gasteiger partial charge in [-0.1, -0.05) is 12.1 Å². The monoisotopic (exact) mass is 259 g/mol. The average Bonchev–Trinajstić information content (AvgIpc) is 2.42. The third-order valence-electron chi connectivity index (χ3n) is 2.64. The molecule has 4 heteroatoms. The maximum Gasteiger partial charge on any atom is 0.160 e. The highest BCUT2D eigenvalue weighted by atomic mass is 19.2. The first kappa shape index (κ1) is 13.0. The summed E-state index contributed by atoms with van der Waals surface area (Å²) in [7, 11) is 0. The molecule has 0 fully saturated rings. The number of hydrogen-bond acceptors (Lipinski definition) is 2. The van der Waals surface area contributed by atoms with E-state index in [1.165, 1.54) is 0 Å². The molecule has 0 aliphatic carbocycles. The SMILES string of the molecule is CCOc1cccc(-c2cc(F)c(F)cc2C#N)c1. The summed E-state index contributed by atoms with van der Waals surface area (Å²) in [6.07, 6.45) is 0. The van der Waals surface area contributed by atoms with E-state index in [-0.39, 0.29) is 5.56 Å². The summed E-state index contributed by atoms with van der Waals surface area (Å²) in [6, 6.07) is 10.7. The molecule has 0 radical (unpaired) electrons. The van der Waals surface area contributed by atoms with E-state index in [0.717, 1.165) is 12.1 Å². The molecule has 0 amide bonds. The van der Waals surface area contributed by atoms with E-state index in [2.05, 4.69) is 0 Å². The van der Waals surface area contributed by atoms with Gasteiger partial charge in [-0.3, -0.25) is 0 Å². The number of nitriles is 1. The molecule has 2 aromatic carbocycles. The lowest BCUT2D eigenvalue weighted by molar-refractivity contribution is 0.340. The summed E-state index contributed by atoms with van der Waals surface area (Å²) in [6.45, 7) is 2.36. The Balaban J connectivity index is 2.55. The van der Waals surface area contributed by atoms with Crippen LogP contribution in [0.15, 0.2) is 36.4 Å². The van der Waals surface area contributed by atoms with E-state index in [1.807, 2.05) is 13.0 Å². The normalized spacial score (nSPS) is 10.0. The van der Waals surface area contributed by atoms with E-state index in [9.17, 15) is 8.78 Å². The number of benzene rings is 2. The van der Waals surface area contributed by atoms with Crippen LogP contribution >= 0.6 is 0 Å². The van der Waals surface area contributed by atoms with Crippen molar-refractivity contribution in [1.29, 1.82) is 5.26 Å². The lowest BCUT2D eigenvalue weighted by Gasteiger charge is -2.08. The van der Waals surface area contributed by atoms with Gasteiger partial charge >= 0.3 is 0 Å². The van der Waals surface area contributed by atoms with Crippen LogP contribution in [0.25, 0.3) is 11.1 Å². The van der Waals surface area contributed by atoms with E-state index in [4.69, 9.17) is 10.00 Å². The zero-order valence-corrected chi connectivity index (χ0v) is 10.3. The number of rotatable bonds is 3. The second kappa shape index (κ2) is 5.49. The summed E-state index contributed by atoms with van der Waals surface area (Å²) >= 11 is 0. The van der Waals surface area contributed by atoms with Gasteiger partial charge in [0.2, 0.25) is 0 Å². The van der Waals surface area contributed by atoms with Crippen molar-refractivity contribution in [3.05, 3.63) is 53.6 Å². The summed E-state index contributed by atoms with van der Waals surface area (Å²) in [5.74, 6) is -1.38. The van der Waals surface area contributed by atoms with Gasteiger partial charge in [0.15, 0.2) is 11.6 Å². The van der Waals surface area contributed by atoms with Crippen molar-refractivity contribution in [2.45, 2.75) is 6.92 Å². The Morgan fingerprint density at radius 3 is 2.58 bits per heavy atom. The Hall–Kier alpha value is -2.41. The molecule has 0 heterocycles. The molecule has 19 heavy (non-hydrogen) atoms. The second-order valence-corrected chi connectivity index (χ2v) is 3.88. The predicted octanol–water partition coefficient (Wildman–Crippen LogP) is 3.90. The third kappa shape index (κ3) is 2.71. The van der Waals surface area contributed by atoms with Gasteiger partial charge in [-0.15, -0.1) is 0 Å². The van der Waals surface area contributed by atoms with Crippen molar-refractivity contribution in [3.63, 3.8) is 0 Å². The zero-order valence-electron chi connectivity index (χ0n) is 10.3. The minimum Gasteiger partial charge on any atom is -0.494 e. The van der Waals surface area contributed by atoms with Crippen LogP contribution in [0.4, 0.5) is 8.78 Å². The van der Waals surface area contributed by atoms with Crippen LogP contribution in [0.2, 0.25) is 0 Å². The third-order valence-corrected chi connectivity index (χ3v) is 2.64. The van der Waals surface area contributed by atoms with Crippen molar-refractivity contribution in [3.8, 4) is 22.9 Å². The quantitative estimate of drug-likeness (QED) is 0.837. The smallest absolute Gasteiger partial charge is 0.160 e. The average molecular weight is 259 g/mol. The fourth-order valence-corrected chi connectivity index (χ4v) is 1.80. The highest BCUT2D eigenvalue weighted by molar-refractivity contribution is 5.71. The minimum absolute atomic E-state index is 0.0903. The number of hydrogen-bond donors (Lipinski definition) is 0. The highest BCUT2D eigenvalue weighted by Gasteiger charge is 2.11. The molecule has 0 saturated heterocycles. The molecule has 2 rings (SSSR count). The van der Waals surface area contributed by atoms with Crippen molar-refractivity contribution in [1.82, 2.24) is 0 Å². The molecule has 2 aromatic rings. The van der Waals surface area contributed by atoms with Crippen LogP contribution in [0, 0.1) is 23.0 Å². The van der Waals surface area contributed by atoms with Crippen LogP contribution in [-0.2, 0) is 0 Å². The fourth-order valence-electron chi connectivity index (χ4n) is 1.80. The summed E-state index contributed by atoms with van der Waals surface area (Å²) in [4.78, 5) is 0. The fraction of sp³-hybridized carbons (Fsp3) is 0.133. The van der Waals surface area contributed by atoms with Gasteiger partial charge in [0, 0.05) is 5.56 Å². The van der Waals surface area contributed by atoms with Gasteiger partial charge in [-0.05, 0) is 36.8 Å². The minimum atomic E-state index is -1.03. The molecule has 0 atom stereocenters. The van der Waals surface area contributed by atoms with Gasteiger partial charge in [-0.2, -0.15) is 5.26 Å². The highest BCUT2D eigenvalue weighted by Crippen LogP contribution is 2.28. The lowest BCUT2D eigenvalue weighted by atomic mass is 10.00. The Morgan fingerprint density at radius 1 is 1.16 bits per heavy atom. The van der Waals surface area contributed by atoms with Crippen molar-refractivity contribution in [2.24, 2.45) is 0 Å². The molecule has 0 aliphatic heterocycles. The summed E-state index contributed by atoms with van der Waals surface area (Å²) in [5.41, 5.74) is 1.05. The van der Waals surface area contributed by atoms with Crippen LogP contribution in [0.5, 0.6) is 5.75 Å². The van der Waals surface area contributed by atoms with Gasteiger partial charge in [-0.25, -0.2) is 8.78 Å². The van der Waals surface area contributed by atoms with E-state index in [1.54, 1.807) is 24.3 Å². The first-order valence-corrected chi connectivity index (χ1v) is 5.78. The molecule has 0 aromatic heterocycles. The number of halogens is 2. The summed E-state index contributed by atoms with van der Waals surface area (Å²) in [5, 5.41) is 9.00. The lowest BCUT2D eigenvalue weighted by Crippen LogP contribution is -1.94. The van der Waals surface area contributed by atoms with Gasteiger partial charge in [0.25, 0.3) is 0 Å². The predicted molar refractivity (Wildman–Crippen MR) is 67.7 cm³/mol. The first-order valence-electron chi connectivity index (χ1n) is 5.78. The van der Waals surface area contributed by atoms with Crippen molar-refractivity contribution in [2.75, 3.05) is 6.61 Å². The maximum absolute atomic E-state index is 13.3. The Morgan fingerprint density at radius 2 is 1.89 bits per heavy atom. The topological polar surface area (TPSA) is 33.0 Å². The van der Waals surface area contributed by atoms with Crippen molar-refractivity contribution < 1.29 is 13.5 Å². The molecule has 2 nitrogen and oxygen atoms in total. The van der Waals surface area contributed by atoms with Crippen LogP contribution in [0.3, 0.4) is 0 Å². The van der Waals surface area contributed by atoms with Gasteiger partial charge < -0.3 is 4.74 Å². The number of ether oxygens (including phenoxy) is 1. The Labute approximate surface area is 109 Å². The van der Waals surface area contributed by atoms with Crippen LogP contribution in [0.1, 0.15) is 12.5 Å².